The van der Waals surface area contributed by atoms with Crippen LogP contribution in [0.25, 0.3) is 0 Å². The van der Waals surface area contributed by atoms with Crippen molar-refractivity contribution in [2.45, 2.75) is 46.0 Å². The Morgan fingerprint density at radius 3 is 2.53 bits per heavy atom. The van der Waals surface area contributed by atoms with Gasteiger partial charge in [-0.05, 0) is 30.7 Å². The lowest BCUT2D eigenvalue weighted by atomic mass is 9.64. The highest BCUT2D eigenvalue weighted by atomic mass is 16.2. The molecule has 0 saturated carbocycles. The fourth-order valence-corrected chi connectivity index (χ4v) is 3.22. The third kappa shape index (κ3) is 2.42. The second-order valence-corrected chi connectivity index (χ2v) is 5.51. The minimum Gasteiger partial charge on any atom is -0.296 e. The molecule has 1 saturated heterocycles. The van der Waals surface area contributed by atoms with Gasteiger partial charge in [0.15, 0.2) is 0 Å². The molecule has 1 N–H and O–H groups in total. The van der Waals surface area contributed by atoms with E-state index in [9.17, 15) is 9.59 Å². The van der Waals surface area contributed by atoms with Gasteiger partial charge in [-0.3, -0.25) is 14.9 Å². The largest absolute Gasteiger partial charge is 0.296 e. The van der Waals surface area contributed by atoms with Gasteiger partial charge < -0.3 is 0 Å². The first-order valence-corrected chi connectivity index (χ1v) is 6.92. The highest BCUT2D eigenvalue weighted by Gasteiger charge is 2.46. The zero-order chi connectivity index (χ0) is 14.0. The Hall–Kier alpha value is -1.64. The molecule has 3 nitrogen and oxygen atoms in total. The number of piperidine rings is 1. The summed E-state index contributed by atoms with van der Waals surface area (Å²) in [7, 11) is 0. The molecule has 1 aromatic carbocycles. The number of carbonyl (C=O) groups excluding carboxylic acids is 2. The van der Waals surface area contributed by atoms with Crippen LogP contribution in [-0.4, -0.2) is 11.8 Å². The van der Waals surface area contributed by atoms with Crippen LogP contribution in [0.15, 0.2) is 24.3 Å². The van der Waals surface area contributed by atoms with Crippen LogP contribution in [0.4, 0.5) is 0 Å². The van der Waals surface area contributed by atoms with Crippen molar-refractivity contribution >= 4 is 11.8 Å². The second kappa shape index (κ2) is 5.16. The van der Waals surface area contributed by atoms with E-state index in [1.165, 1.54) is 0 Å². The normalized spacial score (nSPS) is 22.2. The van der Waals surface area contributed by atoms with Crippen molar-refractivity contribution in [3.63, 3.8) is 0 Å². The lowest BCUT2D eigenvalue weighted by Crippen LogP contribution is -2.50. The molecule has 1 aliphatic heterocycles. The van der Waals surface area contributed by atoms with E-state index < -0.39 is 0 Å². The van der Waals surface area contributed by atoms with Crippen LogP contribution in [0.2, 0.25) is 0 Å². The molecule has 1 unspecified atom stereocenters. The van der Waals surface area contributed by atoms with Crippen LogP contribution in [-0.2, 0) is 9.59 Å². The van der Waals surface area contributed by atoms with Gasteiger partial charge in [0.1, 0.15) is 0 Å². The standard InChI is InChI=1S/C16H21NO2/c1-4-16(5-2)10-13(18)17-15(19)14(16)12-8-6-7-11(3)9-12/h6-9,14H,4-5,10H2,1-3H3,(H,17,18,19). The van der Waals surface area contributed by atoms with E-state index in [1.807, 2.05) is 25.1 Å². The van der Waals surface area contributed by atoms with Gasteiger partial charge in [-0.25, -0.2) is 0 Å². The number of aryl methyl sites for hydroxylation is 1. The van der Waals surface area contributed by atoms with E-state index in [4.69, 9.17) is 0 Å². The van der Waals surface area contributed by atoms with E-state index in [-0.39, 0.29) is 23.1 Å². The molecule has 0 bridgehead atoms. The first-order valence-electron chi connectivity index (χ1n) is 6.92. The molecule has 19 heavy (non-hydrogen) atoms. The molecule has 1 atom stereocenters. The molecule has 1 heterocycles. The second-order valence-electron chi connectivity index (χ2n) is 5.51. The number of hydrogen-bond acceptors (Lipinski definition) is 2. The zero-order valence-corrected chi connectivity index (χ0v) is 11.8. The fourth-order valence-electron chi connectivity index (χ4n) is 3.22. The maximum Gasteiger partial charge on any atom is 0.234 e. The van der Waals surface area contributed by atoms with Crippen molar-refractivity contribution in [3.05, 3.63) is 35.4 Å². The van der Waals surface area contributed by atoms with Crippen molar-refractivity contribution in [2.75, 3.05) is 0 Å². The quantitative estimate of drug-likeness (QED) is 0.848. The Morgan fingerprint density at radius 2 is 1.95 bits per heavy atom. The summed E-state index contributed by atoms with van der Waals surface area (Å²) in [6, 6.07) is 8.05. The van der Waals surface area contributed by atoms with E-state index in [2.05, 4.69) is 25.2 Å². The Balaban J connectivity index is 2.49. The predicted octanol–water partition coefficient (Wildman–Crippen LogP) is 2.93. The molecular formula is C16H21NO2. The summed E-state index contributed by atoms with van der Waals surface area (Å²) < 4.78 is 0. The Kier molecular flexibility index (Phi) is 3.74. The van der Waals surface area contributed by atoms with Crippen LogP contribution in [0, 0.1) is 12.3 Å². The zero-order valence-electron chi connectivity index (χ0n) is 11.8. The maximum atomic E-state index is 12.3. The van der Waals surface area contributed by atoms with Crippen LogP contribution in [0.1, 0.15) is 50.2 Å². The lowest BCUT2D eigenvalue weighted by molar-refractivity contribution is -0.140. The van der Waals surface area contributed by atoms with Gasteiger partial charge >= 0.3 is 0 Å². The molecule has 102 valence electrons. The Morgan fingerprint density at radius 1 is 1.26 bits per heavy atom. The summed E-state index contributed by atoms with van der Waals surface area (Å²) in [4.78, 5) is 24.0. The molecule has 1 fully saturated rings. The number of imide groups is 1. The number of nitrogens with one attached hydrogen (secondary N) is 1. The van der Waals surface area contributed by atoms with E-state index in [0.717, 1.165) is 24.0 Å². The van der Waals surface area contributed by atoms with Gasteiger partial charge in [-0.15, -0.1) is 0 Å². The van der Waals surface area contributed by atoms with Crippen LogP contribution in [0.3, 0.4) is 0 Å². The highest BCUT2D eigenvalue weighted by Crippen LogP contribution is 2.47. The van der Waals surface area contributed by atoms with Gasteiger partial charge in [0.25, 0.3) is 0 Å². The number of amides is 2. The first kappa shape index (κ1) is 13.8. The fraction of sp³-hybridized carbons (Fsp3) is 0.500. The van der Waals surface area contributed by atoms with E-state index >= 15 is 0 Å². The van der Waals surface area contributed by atoms with Crippen molar-refractivity contribution in [1.29, 1.82) is 0 Å². The van der Waals surface area contributed by atoms with Crippen molar-refractivity contribution in [1.82, 2.24) is 5.32 Å². The minimum atomic E-state index is -0.243. The number of benzene rings is 1. The minimum absolute atomic E-state index is 0.141. The molecule has 0 radical (unpaired) electrons. The summed E-state index contributed by atoms with van der Waals surface area (Å²) >= 11 is 0. The average Bonchev–Trinajstić information content (AvgIpc) is 2.37. The van der Waals surface area contributed by atoms with E-state index in [1.54, 1.807) is 0 Å². The summed E-state index contributed by atoms with van der Waals surface area (Å²) in [6.07, 6.45) is 2.10. The number of rotatable bonds is 3. The van der Waals surface area contributed by atoms with Crippen LogP contribution < -0.4 is 5.32 Å². The molecule has 1 aromatic rings. The summed E-state index contributed by atoms with van der Waals surface area (Å²) in [5.74, 6) is -0.511. The van der Waals surface area contributed by atoms with Gasteiger partial charge in [0.2, 0.25) is 11.8 Å². The van der Waals surface area contributed by atoms with E-state index in [0.29, 0.717) is 6.42 Å². The average molecular weight is 259 g/mol. The smallest absolute Gasteiger partial charge is 0.234 e. The van der Waals surface area contributed by atoms with Gasteiger partial charge in [-0.2, -0.15) is 0 Å². The third-order valence-electron chi connectivity index (χ3n) is 4.43. The van der Waals surface area contributed by atoms with Crippen LogP contribution in [0.5, 0.6) is 0 Å². The molecular weight excluding hydrogens is 238 g/mol. The molecule has 0 aliphatic carbocycles. The first-order chi connectivity index (χ1) is 9.02. The topological polar surface area (TPSA) is 46.2 Å². The summed E-state index contributed by atoms with van der Waals surface area (Å²) in [6.45, 7) is 6.16. The molecule has 0 spiro atoms. The van der Waals surface area contributed by atoms with Crippen molar-refractivity contribution in [2.24, 2.45) is 5.41 Å². The van der Waals surface area contributed by atoms with Crippen molar-refractivity contribution in [3.8, 4) is 0 Å². The number of hydrogen-bond donors (Lipinski definition) is 1. The van der Waals surface area contributed by atoms with Gasteiger partial charge in [0, 0.05) is 6.42 Å². The molecule has 2 amide bonds. The lowest BCUT2D eigenvalue weighted by Gasteiger charge is -2.41. The van der Waals surface area contributed by atoms with Crippen LogP contribution >= 0.6 is 0 Å². The number of carbonyl (C=O) groups is 2. The summed E-state index contributed by atoms with van der Waals surface area (Å²) in [5.41, 5.74) is 1.92. The Labute approximate surface area is 114 Å². The molecule has 3 heteroatoms. The third-order valence-corrected chi connectivity index (χ3v) is 4.43. The van der Waals surface area contributed by atoms with Gasteiger partial charge in [0.05, 0.1) is 5.92 Å². The van der Waals surface area contributed by atoms with Gasteiger partial charge in [-0.1, -0.05) is 43.7 Å². The molecule has 0 aromatic heterocycles. The molecule has 1 aliphatic rings. The molecule has 2 rings (SSSR count). The maximum absolute atomic E-state index is 12.3. The van der Waals surface area contributed by atoms with Crippen molar-refractivity contribution < 1.29 is 9.59 Å². The Bertz CT molecular complexity index is 503. The predicted molar refractivity (Wildman–Crippen MR) is 74.7 cm³/mol. The summed E-state index contributed by atoms with van der Waals surface area (Å²) in [5, 5.41) is 2.49. The highest BCUT2D eigenvalue weighted by molar-refractivity contribution is 6.02. The monoisotopic (exact) mass is 259 g/mol. The SMILES string of the molecule is CCC1(CC)CC(=O)NC(=O)C1c1cccc(C)c1.